The van der Waals surface area contributed by atoms with Crippen molar-refractivity contribution in [3.63, 3.8) is 0 Å². The summed E-state index contributed by atoms with van der Waals surface area (Å²) in [5.41, 5.74) is 4.13. The van der Waals surface area contributed by atoms with Crippen LogP contribution in [0.2, 0.25) is 5.02 Å². The summed E-state index contributed by atoms with van der Waals surface area (Å²) in [7, 11) is 1.54. The maximum atomic E-state index is 12.0. The van der Waals surface area contributed by atoms with Gasteiger partial charge in [-0.05, 0) is 36.8 Å². The van der Waals surface area contributed by atoms with Gasteiger partial charge in [-0.2, -0.15) is 5.10 Å². The van der Waals surface area contributed by atoms with Gasteiger partial charge >= 0.3 is 0 Å². The number of hydrogen-bond acceptors (Lipinski definition) is 7. The van der Waals surface area contributed by atoms with Crippen LogP contribution in [-0.4, -0.2) is 36.6 Å². The van der Waals surface area contributed by atoms with Crippen LogP contribution >= 0.6 is 34.7 Å². The molecule has 0 aliphatic heterocycles. The van der Waals surface area contributed by atoms with E-state index in [1.807, 2.05) is 31.2 Å². The molecule has 0 spiro atoms. The molecule has 146 valence electrons. The van der Waals surface area contributed by atoms with Crippen molar-refractivity contribution in [3.05, 3.63) is 47.0 Å². The molecule has 0 saturated carbocycles. The predicted octanol–water partition coefficient (Wildman–Crippen LogP) is 4.60. The zero-order chi connectivity index (χ0) is 19.9. The molecule has 1 amide bonds. The van der Waals surface area contributed by atoms with E-state index in [9.17, 15) is 4.79 Å². The highest BCUT2D eigenvalue weighted by molar-refractivity contribution is 8.01. The maximum Gasteiger partial charge on any atom is 0.250 e. The topological polar surface area (TPSA) is 72.8 Å². The van der Waals surface area contributed by atoms with E-state index in [4.69, 9.17) is 21.1 Å². The molecular formula is C19H18ClN3O3S2. The second kappa shape index (κ2) is 9.77. The van der Waals surface area contributed by atoms with Crippen molar-refractivity contribution in [1.82, 2.24) is 10.4 Å². The highest BCUT2D eigenvalue weighted by atomic mass is 35.5. The normalized spacial score (nSPS) is 11.1. The van der Waals surface area contributed by atoms with Gasteiger partial charge in [-0.25, -0.2) is 10.4 Å². The highest BCUT2D eigenvalue weighted by Crippen LogP contribution is 2.36. The number of carbonyl (C=O) groups is 1. The molecule has 28 heavy (non-hydrogen) atoms. The van der Waals surface area contributed by atoms with Crippen LogP contribution in [0.15, 0.2) is 45.8 Å². The van der Waals surface area contributed by atoms with E-state index in [0.717, 1.165) is 14.6 Å². The molecule has 0 radical (unpaired) electrons. The Hall–Kier alpha value is -2.29. The fourth-order valence-corrected chi connectivity index (χ4v) is 4.48. The molecule has 2 aromatic carbocycles. The number of hydrazone groups is 1. The van der Waals surface area contributed by atoms with Gasteiger partial charge in [0.1, 0.15) is 0 Å². The van der Waals surface area contributed by atoms with Crippen molar-refractivity contribution in [2.75, 3.05) is 19.5 Å². The van der Waals surface area contributed by atoms with E-state index in [1.54, 1.807) is 23.5 Å². The third kappa shape index (κ3) is 5.15. The van der Waals surface area contributed by atoms with E-state index >= 15 is 0 Å². The van der Waals surface area contributed by atoms with Gasteiger partial charge < -0.3 is 9.47 Å². The SMILES string of the molecule is CCOc1c(Cl)cc(/C=N/NC(=O)CSc2nc3ccccc3s2)cc1OC. The van der Waals surface area contributed by atoms with Crippen LogP contribution in [0.3, 0.4) is 0 Å². The molecule has 3 aromatic rings. The Balaban J connectivity index is 1.56. The lowest BCUT2D eigenvalue weighted by atomic mass is 10.2. The van der Waals surface area contributed by atoms with E-state index in [1.165, 1.54) is 25.1 Å². The van der Waals surface area contributed by atoms with Crippen LogP contribution in [0.1, 0.15) is 12.5 Å². The smallest absolute Gasteiger partial charge is 0.250 e. The largest absolute Gasteiger partial charge is 0.493 e. The minimum absolute atomic E-state index is 0.218. The summed E-state index contributed by atoms with van der Waals surface area (Å²) in [6.07, 6.45) is 1.50. The first-order chi connectivity index (χ1) is 13.6. The molecule has 1 aromatic heterocycles. The first kappa shape index (κ1) is 20.4. The number of methoxy groups -OCH3 is 1. The molecule has 3 rings (SSSR count). The van der Waals surface area contributed by atoms with Gasteiger partial charge in [-0.1, -0.05) is 35.5 Å². The fourth-order valence-electron chi connectivity index (χ4n) is 2.35. The molecular weight excluding hydrogens is 418 g/mol. The number of benzene rings is 2. The number of nitrogens with one attached hydrogen (secondary N) is 1. The third-order valence-electron chi connectivity index (χ3n) is 3.54. The van der Waals surface area contributed by atoms with Crippen molar-refractivity contribution >= 4 is 57.0 Å². The Bertz CT molecular complexity index is 974. The monoisotopic (exact) mass is 435 g/mol. The minimum atomic E-state index is -0.218. The summed E-state index contributed by atoms with van der Waals surface area (Å²) in [5.74, 6) is 1.00. The summed E-state index contributed by atoms with van der Waals surface area (Å²) in [4.78, 5) is 16.5. The summed E-state index contributed by atoms with van der Waals surface area (Å²) < 4.78 is 12.7. The Morgan fingerprint density at radius 2 is 2.21 bits per heavy atom. The number of rotatable bonds is 8. The Kier molecular flexibility index (Phi) is 7.13. The summed E-state index contributed by atoms with van der Waals surface area (Å²) in [5, 5.41) is 4.40. The van der Waals surface area contributed by atoms with Crippen LogP contribution in [0.25, 0.3) is 10.2 Å². The number of hydrogen-bond donors (Lipinski definition) is 1. The molecule has 0 fully saturated rings. The summed E-state index contributed by atoms with van der Waals surface area (Å²) in [6, 6.07) is 11.3. The molecule has 0 saturated heterocycles. The molecule has 0 unspecified atom stereocenters. The highest BCUT2D eigenvalue weighted by Gasteiger charge is 2.11. The van der Waals surface area contributed by atoms with Gasteiger partial charge in [0.05, 0.1) is 40.9 Å². The molecule has 1 heterocycles. The first-order valence-electron chi connectivity index (χ1n) is 8.41. The first-order valence-corrected chi connectivity index (χ1v) is 10.6. The standard InChI is InChI=1S/C19H18ClN3O3S2/c1-3-26-18-13(20)8-12(9-15(18)25-2)10-21-23-17(24)11-27-19-22-14-6-4-5-7-16(14)28-19/h4-10H,3,11H2,1-2H3,(H,23,24)/b21-10+. The van der Waals surface area contributed by atoms with Crippen molar-refractivity contribution in [2.45, 2.75) is 11.3 Å². The quantitative estimate of drug-likeness (QED) is 0.318. The van der Waals surface area contributed by atoms with E-state index in [2.05, 4.69) is 15.5 Å². The number of carbonyl (C=O) groups excluding carboxylic acids is 1. The number of nitrogens with zero attached hydrogens (tertiary/aromatic N) is 2. The molecule has 9 heteroatoms. The number of amides is 1. The third-order valence-corrected chi connectivity index (χ3v) is 6.00. The van der Waals surface area contributed by atoms with Crippen molar-refractivity contribution in [3.8, 4) is 11.5 Å². The lowest BCUT2D eigenvalue weighted by molar-refractivity contribution is -0.118. The molecule has 0 atom stereocenters. The van der Waals surface area contributed by atoms with Crippen LogP contribution in [-0.2, 0) is 4.79 Å². The number of halogens is 1. The zero-order valence-corrected chi connectivity index (χ0v) is 17.7. The summed E-state index contributed by atoms with van der Waals surface area (Å²) >= 11 is 9.17. The number of thiazole rings is 1. The zero-order valence-electron chi connectivity index (χ0n) is 15.3. The van der Waals surface area contributed by atoms with Gasteiger partial charge in [-0.3, -0.25) is 4.79 Å². The fraction of sp³-hybridized carbons (Fsp3) is 0.211. The second-order valence-corrected chi connectivity index (χ2v) is 8.16. The molecule has 0 aliphatic rings. The Morgan fingerprint density at radius 1 is 1.39 bits per heavy atom. The van der Waals surface area contributed by atoms with Gasteiger partial charge in [0.2, 0.25) is 0 Å². The van der Waals surface area contributed by atoms with Gasteiger partial charge in [0, 0.05) is 0 Å². The minimum Gasteiger partial charge on any atom is -0.493 e. The molecule has 0 aliphatic carbocycles. The lowest BCUT2D eigenvalue weighted by Crippen LogP contribution is -2.19. The van der Waals surface area contributed by atoms with E-state index in [0.29, 0.717) is 28.7 Å². The maximum absolute atomic E-state index is 12.0. The molecule has 0 bridgehead atoms. The average molecular weight is 436 g/mol. The van der Waals surface area contributed by atoms with E-state index < -0.39 is 0 Å². The van der Waals surface area contributed by atoms with Crippen LogP contribution in [0.5, 0.6) is 11.5 Å². The number of ether oxygens (including phenoxy) is 2. The Labute approximate surface area is 175 Å². The second-order valence-electron chi connectivity index (χ2n) is 5.50. The Morgan fingerprint density at radius 3 is 2.96 bits per heavy atom. The van der Waals surface area contributed by atoms with Crippen LogP contribution in [0.4, 0.5) is 0 Å². The number of thioether (sulfide) groups is 1. The van der Waals surface area contributed by atoms with Gasteiger partial charge in [0.15, 0.2) is 15.8 Å². The predicted molar refractivity (Wildman–Crippen MR) is 115 cm³/mol. The van der Waals surface area contributed by atoms with Crippen molar-refractivity contribution in [1.29, 1.82) is 0 Å². The molecule has 1 N–H and O–H groups in total. The van der Waals surface area contributed by atoms with Crippen molar-refractivity contribution < 1.29 is 14.3 Å². The lowest BCUT2D eigenvalue weighted by Gasteiger charge is -2.11. The van der Waals surface area contributed by atoms with Gasteiger partial charge in [-0.15, -0.1) is 11.3 Å². The number of para-hydroxylation sites is 1. The van der Waals surface area contributed by atoms with Gasteiger partial charge in [0.25, 0.3) is 5.91 Å². The molecule has 6 nitrogen and oxygen atoms in total. The summed E-state index contributed by atoms with van der Waals surface area (Å²) in [6.45, 7) is 2.35. The van der Waals surface area contributed by atoms with Crippen LogP contribution in [0, 0.1) is 0 Å². The van der Waals surface area contributed by atoms with Crippen LogP contribution < -0.4 is 14.9 Å². The van der Waals surface area contributed by atoms with Crippen molar-refractivity contribution in [2.24, 2.45) is 5.10 Å². The average Bonchev–Trinajstić information content (AvgIpc) is 3.11. The number of aromatic nitrogens is 1. The number of fused-ring (bicyclic) bond motifs is 1. The van der Waals surface area contributed by atoms with E-state index in [-0.39, 0.29) is 11.7 Å².